The van der Waals surface area contributed by atoms with Crippen molar-refractivity contribution in [1.29, 1.82) is 0 Å². The number of amides is 2. The first-order chi connectivity index (χ1) is 13.6. The number of nitrogens with one attached hydrogen (secondary N) is 1. The van der Waals surface area contributed by atoms with Gasteiger partial charge in [0.25, 0.3) is 0 Å². The minimum atomic E-state index is -0.569. The maximum atomic E-state index is 13.4. The van der Waals surface area contributed by atoms with E-state index in [2.05, 4.69) is 11.4 Å². The molecule has 1 N–H and O–H groups in total. The fourth-order valence-corrected chi connectivity index (χ4v) is 4.28. The van der Waals surface area contributed by atoms with Crippen molar-refractivity contribution in [2.24, 2.45) is 0 Å². The number of benzene rings is 2. The van der Waals surface area contributed by atoms with Crippen LogP contribution in [0.4, 0.5) is 5.69 Å². The summed E-state index contributed by atoms with van der Waals surface area (Å²) in [5, 5.41) is 3.15. The Morgan fingerprint density at radius 3 is 2.50 bits per heavy atom. The van der Waals surface area contributed by atoms with Gasteiger partial charge in [0.1, 0.15) is 0 Å². The molecule has 2 heterocycles. The van der Waals surface area contributed by atoms with Crippen LogP contribution in [-0.2, 0) is 32.7 Å². The van der Waals surface area contributed by atoms with Crippen molar-refractivity contribution in [3.63, 3.8) is 0 Å². The van der Waals surface area contributed by atoms with E-state index in [-0.39, 0.29) is 11.8 Å². The standard InChI is InChI=1S/C23H26N2O3/c1-17(26)25-12-9-18-7-8-21(15-19(18)16-25)24-22(27)23(10-13-28-14-11-23)20-5-3-2-4-6-20/h2-8,15H,9-14,16H2,1H3,(H,24,27). The van der Waals surface area contributed by atoms with Gasteiger partial charge in [-0.15, -0.1) is 0 Å². The van der Waals surface area contributed by atoms with Gasteiger partial charge in [-0.25, -0.2) is 0 Å². The highest BCUT2D eigenvalue weighted by molar-refractivity contribution is 5.99. The predicted molar refractivity (Wildman–Crippen MR) is 108 cm³/mol. The molecule has 0 unspecified atom stereocenters. The molecule has 2 aromatic rings. The Bertz CT molecular complexity index is 873. The Morgan fingerprint density at radius 2 is 1.79 bits per heavy atom. The summed E-state index contributed by atoms with van der Waals surface area (Å²) in [5.41, 5.74) is 3.62. The molecule has 0 spiro atoms. The summed E-state index contributed by atoms with van der Waals surface area (Å²) in [4.78, 5) is 27.0. The van der Waals surface area contributed by atoms with Crippen LogP contribution in [0.5, 0.6) is 0 Å². The van der Waals surface area contributed by atoms with Crippen molar-refractivity contribution < 1.29 is 14.3 Å². The number of carbonyl (C=O) groups excluding carboxylic acids is 2. The van der Waals surface area contributed by atoms with Crippen LogP contribution in [0.1, 0.15) is 36.5 Å². The van der Waals surface area contributed by atoms with Crippen LogP contribution in [0.15, 0.2) is 48.5 Å². The Hall–Kier alpha value is -2.66. The van der Waals surface area contributed by atoms with Gasteiger partial charge in [-0.1, -0.05) is 36.4 Å². The van der Waals surface area contributed by atoms with E-state index in [1.54, 1.807) is 6.92 Å². The monoisotopic (exact) mass is 378 g/mol. The maximum absolute atomic E-state index is 13.4. The zero-order valence-electron chi connectivity index (χ0n) is 16.2. The smallest absolute Gasteiger partial charge is 0.235 e. The minimum Gasteiger partial charge on any atom is -0.381 e. The lowest BCUT2D eigenvalue weighted by Gasteiger charge is -2.36. The van der Waals surface area contributed by atoms with Crippen molar-refractivity contribution in [3.8, 4) is 0 Å². The maximum Gasteiger partial charge on any atom is 0.235 e. The largest absolute Gasteiger partial charge is 0.381 e. The summed E-state index contributed by atoms with van der Waals surface area (Å²) in [6, 6.07) is 16.0. The summed E-state index contributed by atoms with van der Waals surface area (Å²) in [7, 11) is 0. The van der Waals surface area contributed by atoms with Gasteiger partial charge in [0, 0.05) is 38.9 Å². The summed E-state index contributed by atoms with van der Waals surface area (Å²) >= 11 is 0. The second-order valence-corrected chi connectivity index (χ2v) is 7.69. The Morgan fingerprint density at radius 1 is 1.04 bits per heavy atom. The molecule has 146 valence electrons. The molecular formula is C23H26N2O3. The molecule has 28 heavy (non-hydrogen) atoms. The SMILES string of the molecule is CC(=O)N1CCc2ccc(NC(=O)C3(c4ccccc4)CCOCC3)cc2C1. The van der Waals surface area contributed by atoms with Crippen LogP contribution in [0.2, 0.25) is 0 Å². The molecule has 5 nitrogen and oxygen atoms in total. The van der Waals surface area contributed by atoms with Gasteiger partial charge in [0.15, 0.2) is 0 Å². The lowest BCUT2D eigenvalue weighted by atomic mass is 9.73. The van der Waals surface area contributed by atoms with E-state index < -0.39 is 5.41 Å². The van der Waals surface area contributed by atoms with E-state index in [1.165, 1.54) is 5.56 Å². The Labute approximate surface area is 165 Å². The fraction of sp³-hybridized carbons (Fsp3) is 0.391. The lowest BCUT2D eigenvalue weighted by molar-refractivity contribution is -0.129. The van der Waals surface area contributed by atoms with Crippen molar-refractivity contribution in [2.45, 2.75) is 38.1 Å². The number of anilines is 1. The van der Waals surface area contributed by atoms with Crippen LogP contribution in [0.25, 0.3) is 0 Å². The molecule has 2 amide bonds. The molecule has 0 bridgehead atoms. The first-order valence-corrected chi connectivity index (χ1v) is 9.90. The van der Waals surface area contributed by atoms with Crippen LogP contribution in [0.3, 0.4) is 0 Å². The van der Waals surface area contributed by atoms with Gasteiger partial charge in [-0.05, 0) is 48.1 Å². The molecule has 2 aliphatic rings. The van der Waals surface area contributed by atoms with Crippen LogP contribution < -0.4 is 5.32 Å². The summed E-state index contributed by atoms with van der Waals surface area (Å²) in [5.74, 6) is 0.103. The zero-order chi connectivity index (χ0) is 19.6. The topological polar surface area (TPSA) is 58.6 Å². The van der Waals surface area contributed by atoms with E-state index in [4.69, 9.17) is 4.74 Å². The van der Waals surface area contributed by atoms with Gasteiger partial charge in [0.2, 0.25) is 11.8 Å². The first kappa shape index (κ1) is 18.7. The number of rotatable bonds is 3. The van der Waals surface area contributed by atoms with Crippen molar-refractivity contribution in [2.75, 3.05) is 25.1 Å². The van der Waals surface area contributed by atoms with Gasteiger partial charge >= 0.3 is 0 Å². The average molecular weight is 378 g/mol. The second kappa shape index (κ2) is 7.76. The molecule has 2 aliphatic heterocycles. The van der Waals surface area contributed by atoms with Crippen LogP contribution in [-0.4, -0.2) is 36.5 Å². The zero-order valence-corrected chi connectivity index (χ0v) is 16.2. The summed E-state index contributed by atoms with van der Waals surface area (Å²) in [6.07, 6.45) is 2.20. The average Bonchev–Trinajstić information content (AvgIpc) is 2.74. The van der Waals surface area contributed by atoms with Gasteiger partial charge in [-0.3, -0.25) is 9.59 Å². The Balaban J connectivity index is 1.59. The Kier molecular flexibility index (Phi) is 5.18. The third-order valence-corrected chi connectivity index (χ3v) is 6.03. The molecule has 4 rings (SSSR count). The summed E-state index contributed by atoms with van der Waals surface area (Å²) < 4.78 is 5.54. The third kappa shape index (κ3) is 3.54. The van der Waals surface area contributed by atoms with E-state index >= 15 is 0 Å². The van der Waals surface area contributed by atoms with E-state index in [0.29, 0.717) is 32.6 Å². The highest BCUT2D eigenvalue weighted by Gasteiger charge is 2.41. The highest BCUT2D eigenvalue weighted by Crippen LogP contribution is 2.36. The fourth-order valence-electron chi connectivity index (χ4n) is 4.28. The number of nitrogens with zero attached hydrogens (tertiary/aromatic N) is 1. The van der Waals surface area contributed by atoms with E-state index in [9.17, 15) is 9.59 Å². The van der Waals surface area contributed by atoms with Crippen molar-refractivity contribution in [3.05, 3.63) is 65.2 Å². The number of hydrogen-bond acceptors (Lipinski definition) is 3. The van der Waals surface area contributed by atoms with Crippen LogP contribution >= 0.6 is 0 Å². The molecular weight excluding hydrogens is 352 g/mol. The van der Waals surface area contributed by atoms with Crippen molar-refractivity contribution in [1.82, 2.24) is 4.90 Å². The van der Waals surface area contributed by atoms with E-state index in [1.807, 2.05) is 47.4 Å². The van der Waals surface area contributed by atoms with Crippen LogP contribution in [0, 0.1) is 0 Å². The number of hydrogen-bond donors (Lipinski definition) is 1. The molecule has 0 aromatic heterocycles. The third-order valence-electron chi connectivity index (χ3n) is 6.03. The molecule has 2 aromatic carbocycles. The molecule has 0 saturated carbocycles. The minimum absolute atomic E-state index is 0.0150. The van der Waals surface area contributed by atoms with Gasteiger partial charge < -0.3 is 15.0 Å². The summed E-state index contributed by atoms with van der Waals surface area (Å²) in [6.45, 7) is 4.13. The second-order valence-electron chi connectivity index (χ2n) is 7.69. The predicted octanol–water partition coefficient (Wildman–Crippen LogP) is 3.28. The van der Waals surface area contributed by atoms with Gasteiger partial charge in [-0.2, -0.15) is 0 Å². The number of ether oxygens (including phenoxy) is 1. The first-order valence-electron chi connectivity index (χ1n) is 9.90. The quantitative estimate of drug-likeness (QED) is 0.892. The van der Waals surface area contributed by atoms with E-state index in [0.717, 1.165) is 29.8 Å². The molecule has 1 fully saturated rings. The molecule has 0 aliphatic carbocycles. The normalized spacial score (nSPS) is 18.2. The molecule has 1 saturated heterocycles. The molecule has 0 atom stereocenters. The molecule has 5 heteroatoms. The number of carbonyl (C=O) groups is 2. The van der Waals surface area contributed by atoms with Crippen molar-refractivity contribution >= 4 is 17.5 Å². The lowest BCUT2D eigenvalue weighted by Crippen LogP contribution is -2.44. The highest BCUT2D eigenvalue weighted by atomic mass is 16.5. The number of fused-ring (bicyclic) bond motifs is 1. The van der Waals surface area contributed by atoms with Gasteiger partial charge in [0.05, 0.1) is 5.41 Å². The molecule has 0 radical (unpaired) electrons.